The largest absolute Gasteiger partial charge is 0.493 e. The number of anilines is 1. The smallest absolute Gasteiger partial charge is 0.244 e. The lowest BCUT2D eigenvalue weighted by molar-refractivity contribution is -0.121. The van der Waals surface area contributed by atoms with Gasteiger partial charge < -0.3 is 20.1 Å². The molecule has 0 aliphatic heterocycles. The summed E-state index contributed by atoms with van der Waals surface area (Å²) in [7, 11) is 1.53. The number of carbonyl (C=O) groups is 2. The second kappa shape index (κ2) is 11.9. The van der Waals surface area contributed by atoms with Crippen LogP contribution >= 0.6 is 11.6 Å². The Labute approximate surface area is 182 Å². The first-order valence-electron chi connectivity index (χ1n) is 9.82. The Morgan fingerprint density at radius 2 is 1.93 bits per heavy atom. The van der Waals surface area contributed by atoms with Gasteiger partial charge in [0, 0.05) is 11.8 Å². The molecule has 0 aromatic heterocycles. The molecule has 0 fully saturated rings. The molecule has 0 atom stereocenters. The lowest BCUT2D eigenvalue weighted by atomic mass is 10.1. The third-order valence-electron chi connectivity index (χ3n) is 4.22. The first-order chi connectivity index (χ1) is 14.5. The molecule has 0 heterocycles. The van der Waals surface area contributed by atoms with Gasteiger partial charge in [-0.05, 0) is 48.2 Å². The Morgan fingerprint density at radius 1 is 1.17 bits per heavy atom. The minimum absolute atomic E-state index is 0.130. The number of rotatable bonds is 10. The molecule has 30 heavy (non-hydrogen) atoms. The summed E-state index contributed by atoms with van der Waals surface area (Å²) in [5.74, 6) is 0.284. The summed E-state index contributed by atoms with van der Waals surface area (Å²) in [4.78, 5) is 24.2. The average Bonchev–Trinajstić information content (AvgIpc) is 2.75. The number of methoxy groups -OCH3 is 1. The quantitative estimate of drug-likeness (QED) is 0.545. The van der Waals surface area contributed by atoms with Crippen LogP contribution < -0.4 is 20.1 Å². The zero-order chi connectivity index (χ0) is 21.9. The number of benzene rings is 2. The number of amides is 2. The van der Waals surface area contributed by atoms with E-state index in [9.17, 15) is 9.59 Å². The van der Waals surface area contributed by atoms with Gasteiger partial charge in [0.25, 0.3) is 0 Å². The maximum absolute atomic E-state index is 12.1. The van der Waals surface area contributed by atoms with Gasteiger partial charge in [-0.3, -0.25) is 9.59 Å². The van der Waals surface area contributed by atoms with Gasteiger partial charge in [0.05, 0.1) is 25.3 Å². The van der Waals surface area contributed by atoms with E-state index < -0.39 is 5.91 Å². The van der Waals surface area contributed by atoms with Crippen molar-refractivity contribution >= 4 is 35.2 Å². The maximum atomic E-state index is 12.1. The molecular formula is C23H27ClN2O4. The number of carbonyl (C=O) groups excluding carboxylic acids is 2. The number of hydrogen-bond acceptors (Lipinski definition) is 4. The molecule has 2 N–H and O–H groups in total. The van der Waals surface area contributed by atoms with Crippen LogP contribution in [0.5, 0.6) is 11.5 Å². The molecule has 0 unspecified atom stereocenters. The Morgan fingerprint density at radius 3 is 2.63 bits per heavy atom. The number of hydrogen-bond donors (Lipinski definition) is 2. The second-order valence-electron chi connectivity index (χ2n) is 6.49. The fraction of sp³-hybridized carbons (Fsp3) is 0.304. The van der Waals surface area contributed by atoms with E-state index in [1.165, 1.54) is 13.2 Å². The molecule has 160 valence electrons. The fourth-order valence-corrected chi connectivity index (χ4v) is 3.00. The maximum Gasteiger partial charge on any atom is 0.244 e. The van der Waals surface area contributed by atoms with E-state index in [0.29, 0.717) is 28.7 Å². The Bertz CT molecular complexity index is 912. The van der Waals surface area contributed by atoms with E-state index in [1.54, 1.807) is 18.2 Å². The lowest BCUT2D eigenvalue weighted by Gasteiger charge is -2.12. The number of aryl methyl sites for hydroxylation is 1. The summed E-state index contributed by atoms with van der Waals surface area (Å²) in [6, 6.07) is 11.0. The van der Waals surface area contributed by atoms with Crippen molar-refractivity contribution in [3.05, 3.63) is 58.6 Å². The molecule has 2 aromatic rings. The van der Waals surface area contributed by atoms with Crippen LogP contribution in [0.3, 0.4) is 0 Å². The highest BCUT2D eigenvalue weighted by Crippen LogP contribution is 2.36. The zero-order valence-electron chi connectivity index (χ0n) is 17.5. The first-order valence-corrected chi connectivity index (χ1v) is 10.2. The standard InChI is InChI=1S/C23H27ClN2O4/c1-4-12-30-23-18(24)13-16(14-20(23)29-3)10-11-21(27)25-15-22(28)26-19-9-7-6-8-17(19)5-2/h6-11,13-14H,4-5,12,15H2,1-3H3,(H,25,27)(H,26,28)/b11-10+. The molecule has 0 aliphatic carbocycles. The molecule has 0 spiro atoms. The predicted molar refractivity (Wildman–Crippen MR) is 120 cm³/mol. The van der Waals surface area contributed by atoms with E-state index >= 15 is 0 Å². The zero-order valence-corrected chi connectivity index (χ0v) is 18.2. The van der Waals surface area contributed by atoms with Crippen LogP contribution in [-0.2, 0) is 16.0 Å². The van der Waals surface area contributed by atoms with Crippen molar-refractivity contribution in [2.45, 2.75) is 26.7 Å². The van der Waals surface area contributed by atoms with Crippen LogP contribution in [-0.4, -0.2) is 32.1 Å². The highest BCUT2D eigenvalue weighted by atomic mass is 35.5. The van der Waals surface area contributed by atoms with E-state index in [4.69, 9.17) is 21.1 Å². The van der Waals surface area contributed by atoms with Crippen LogP contribution in [0.4, 0.5) is 5.69 Å². The van der Waals surface area contributed by atoms with Crippen molar-refractivity contribution in [3.8, 4) is 11.5 Å². The third kappa shape index (κ3) is 6.81. The van der Waals surface area contributed by atoms with Crippen molar-refractivity contribution in [1.29, 1.82) is 0 Å². The molecule has 2 rings (SSSR count). The van der Waals surface area contributed by atoms with Crippen molar-refractivity contribution in [3.63, 3.8) is 0 Å². The molecule has 2 aromatic carbocycles. The SMILES string of the molecule is CCCOc1c(Cl)cc(/C=C/C(=O)NCC(=O)Nc2ccccc2CC)cc1OC. The summed E-state index contributed by atoms with van der Waals surface area (Å²) in [6.45, 7) is 4.41. The first kappa shape index (κ1) is 23.3. The monoisotopic (exact) mass is 430 g/mol. The summed E-state index contributed by atoms with van der Waals surface area (Å²) in [5, 5.41) is 5.78. The number of para-hydroxylation sites is 1. The van der Waals surface area contributed by atoms with Gasteiger partial charge in [-0.15, -0.1) is 0 Å². The van der Waals surface area contributed by atoms with Crippen molar-refractivity contribution < 1.29 is 19.1 Å². The van der Waals surface area contributed by atoms with Crippen LogP contribution in [0, 0.1) is 0 Å². The number of ether oxygens (including phenoxy) is 2. The molecule has 6 nitrogen and oxygen atoms in total. The Kier molecular flexibility index (Phi) is 9.22. The molecular weight excluding hydrogens is 404 g/mol. The van der Waals surface area contributed by atoms with Crippen molar-refractivity contribution in [2.75, 3.05) is 25.6 Å². The van der Waals surface area contributed by atoms with Crippen LogP contribution in [0.15, 0.2) is 42.5 Å². The van der Waals surface area contributed by atoms with E-state index in [2.05, 4.69) is 10.6 Å². The van der Waals surface area contributed by atoms with Crippen molar-refractivity contribution in [2.24, 2.45) is 0 Å². The molecule has 7 heteroatoms. The minimum Gasteiger partial charge on any atom is -0.493 e. The molecule has 2 amide bonds. The van der Waals surface area contributed by atoms with Crippen molar-refractivity contribution in [1.82, 2.24) is 5.32 Å². The predicted octanol–water partition coefficient (Wildman–Crippen LogP) is 4.47. The molecule has 0 saturated heterocycles. The Hall–Kier alpha value is -2.99. The minimum atomic E-state index is -0.393. The third-order valence-corrected chi connectivity index (χ3v) is 4.51. The number of nitrogens with one attached hydrogen (secondary N) is 2. The summed E-state index contributed by atoms with van der Waals surface area (Å²) >= 11 is 6.28. The highest BCUT2D eigenvalue weighted by Gasteiger charge is 2.11. The normalized spacial score (nSPS) is 10.7. The Balaban J connectivity index is 1.94. The molecule has 0 saturated carbocycles. The molecule has 0 radical (unpaired) electrons. The van der Waals surface area contributed by atoms with Gasteiger partial charge in [0.1, 0.15) is 0 Å². The van der Waals surface area contributed by atoms with Gasteiger partial charge in [0.15, 0.2) is 11.5 Å². The van der Waals surface area contributed by atoms with Gasteiger partial charge >= 0.3 is 0 Å². The number of halogens is 1. The van der Waals surface area contributed by atoms with Gasteiger partial charge in [-0.25, -0.2) is 0 Å². The van der Waals surface area contributed by atoms with Gasteiger partial charge in [0.2, 0.25) is 11.8 Å². The van der Waals surface area contributed by atoms with Gasteiger partial charge in [-0.1, -0.05) is 43.6 Å². The molecule has 0 bridgehead atoms. The van der Waals surface area contributed by atoms with Gasteiger partial charge in [-0.2, -0.15) is 0 Å². The summed E-state index contributed by atoms with van der Waals surface area (Å²) in [6.07, 6.45) is 4.58. The van der Waals surface area contributed by atoms with Crippen LogP contribution in [0.1, 0.15) is 31.4 Å². The second-order valence-corrected chi connectivity index (χ2v) is 6.90. The average molecular weight is 431 g/mol. The summed E-state index contributed by atoms with van der Waals surface area (Å²) in [5.41, 5.74) is 2.47. The molecule has 0 aliphatic rings. The fourth-order valence-electron chi connectivity index (χ4n) is 2.72. The van der Waals surface area contributed by atoms with E-state index in [1.807, 2.05) is 38.1 Å². The summed E-state index contributed by atoms with van der Waals surface area (Å²) < 4.78 is 10.9. The lowest BCUT2D eigenvalue weighted by Crippen LogP contribution is -2.31. The van der Waals surface area contributed by atoms with Crippen LogP contribution in [0.2, 0.25) is 5.02 Å². The van der Waals surface area contributed by atoms with Crippen LogP contribution in [0.25, 0.3) is 6.08 Å². The topological polar surface area (TPSA) is 76.7 Å². The van der Waals surface area contributed by atoms with E-state index in [-0.39, 0.29) is 12.5 Å². The highest BCUT2D eigenvalue weighted by molar-refractivity contribution is 6.32. The van der Waals surface area contributed by atoms with E-state index in [0.717, 1.165) is 24.1 Å².